The minimum atomic E-state index is -5.04. The molecule has 0 aromatic heterocycles. The number of amides is 1. The van der Waals surface area contributed by atoms with Gasteiger partial charge < -0.3 is 19.9 Å². The Morgan fingerprint density at radius 3 is 2.21 bits per heavy atom. The van der Waals surface area contributed by atoms with Crippen LogP contribution in [0.25, 0.3) is 0 Å². The quantitative estimate of drug-likeness (QED) is 0.658. The smallest absolute Gasteiger partial charge is 0.424 e. The third kappa shape index (κ3) is 7.12. The molecule has 0 aliphatic rings. The first-order chi connectivity index (χ1) is 12.9. The maximum absolute atomic E-state index is 13.9. The lowest BCUT2D eigenvalue weighted by atomic mass is 9.91. The minimum absolute atomic E-state index is 0.299. The zero-order valence-electron chi connectivity index (χ0n) is 16.1. The Labute approximate surface area is 162 Å². The van der Waals surface area contributed by atoms with Crippen molar-refractivity contribution in [3.8, 4) is 0 Å². The summed E-state index contributed by atoms with van der Waals surface area (Å²) in [5.74, 6) is -1.37. The Hall–Kier alpha value is -2.13. The fourth-order valence-corrected chi connectivity index (χ4v) is 2.39. The number of nitrogens with one attached hydrogen (secondary N) is 1. The van der Waals surface area contributed by atoms with Crippen molar-refractivity contribution in [2.45, 2.75) is 57.6 Å². The molecule has 0 aliphatic carbocycles. The highest BCUT2D eigenvalue weighted by molar-refractivity contribution is 5.92. The summed E-state index contributed by atoms with van der Waals surface area (Å²) in [4.78, 5) is 24.2. The van der Waals surface area contributed by atoms with Crippen molar-refractivity contribution in [1.29, 1.82) is 0 Å². The molecule has 0 radical (unpaired) electrons. The highest BCUT2D eigenvalue weighted by Gasteiger charge is 2.60. The van der Waals surface area contributed by atoms with Gasteiger partial charge in [-0.2, -0.15) is 13.2 Å². The number of hydrogen-bond acceptors (Lipinski definition) is 5. The van der Waals surface area contributed by atoms with Gasteiger partial charge in [-0.05, 0) is 39.2 Å². The summed E-state index contributed by atoms with van der Waals surface area (Å²) in [7, 11) is 0. The second-order valence-electron chi connectivity index (χ2n) is 7.20. The molecule has 0 spiro atoms. The summed E-state index contributed by atoms with van der Waals surface area (Å²) in [6.45, 7) is 2.83. The van der Waals surface area contributed by atoms with Crippen molar-refractivity contribution >= 4 is 11.9 Å². The first-order valence-corrected chi connectivity index (χ1v) is 8.77. The molecular formula is C19H26F3NO5. The van der Waals surface area contributed by atoms with E-state index < -0.39 is 55.4 Å². The van der Waals surface area contributed by atoms with Crippen molar-refractivity contribution in [3.05, 3.63) is 35.9 Å². The van der Waals surface area contributed by atoms with Crippen molar-refractivity contribution in [3.63, 3.8) is 0 Å². The summed E-state index contributed by atoms with van der Waals surface area (Å²) < 4.78 is 51.7. The molecule has 9 heteroatoms. The second kappa shape index (κ2) is 9.88. The molecule has 1 rings (SSSR count). The summed E-state index contributed by atoms with van der Waals surface area (Å²) >= 11 is 0. The van der Waals surface area contributed by atoms with Gasteiger partial charge in [0.05, 0.1) is 13.2 Å². The fraction of sp³-hybridized carbons (Fsp3) is 0.579. The number of aliphatic hydroxyl groups excluding tert-OH is 1. The lowest BCUT2D eigenvalue weighted by Crippen LogP contribution is -2.57. The molecule has 0 bridgehead atoms. The van der Waals surface area contributed by atoms with E-state index in [-0.39, 0.29) is 6.42 Å². The number of alkyl carbamates (subject to hydrolysis) is 1. The Morgan fingerprint density at radius 1 is 1.11 bits per heavy atom. The van der Waals surface area contributed by atoms with Crippen LogP contribution in [0.15, 0.2) is 30.3 Å². The average molecular weight is 405 g/mol. The van der Waals surface area contributed by atoms with Gasteiger partial charge in [0.2, 0.25) is 5.60 Å². The van der Waals surface area contributed by atoms with E-state index in [2.05, 4.69) is 0 Å². The molecule has 158 valence electrons. The van der Waals surface area contributed by atoms with Crippen molar-refractivity contribution < 1.29 is 37.3 Å². The van der Waals surface area contributed by atoms with Gasteiger partial charge in [0.15, 0.2) is 5.78 Å². The van der Waals surface area contributed by atoms with Crippen LogP contribution >= 0.6 is 0 Å². The van der Waals surface area contributed by atoms with Crippen LogP contribution < -0.4 is 5.32 Å². The molecule has 0 heterocycles. The normalized spacial score (nSPS) is 14.2. The van der Waals surface area contributed by atoms with Crippen LogP contribution in [-0.4, -0.2) is 47.5 Å². The maximum Gasteiger partial charge on any atom is 0.424 e. The Balaban J connectivity index is 2.99. The molecule has 1 aromatic carbocycles. The number of carbonyl (C=O) groups excluding carboxylic acids is 2. The minimum Gasteiger partial charge on any atom is -0.444 e. The van der Waals surface area contributed by atoms with E-state index in [4.69, 9.17) is 14.6 Å². The van der Waals surface area contributed by atoms with E-state index in [0.717, 1.165) is 0 Å². The highest BCUT2D eigenvalue weighted by Crippen LogP contribution is 2.39. The van der Waals surface area contributed by atoms with Crippen molar-refractivity contribution in [2.75, 3.05) is 13.2 Å². The summed E-state index contributed by atoms with van der Waals surface area (Å²) in [5, 5.41) is 11.0. The van der Waals surface area contributed by atoms with Gasteiger partial charge in [-0.1, -0.05) is 30.3 Å². The van der Waals surface area contributed by atoms with Gasteiger partial charge in [-0.3, -0.25) is 4.79 Å². The Morgan fingerprint density at radius 2 is 1.71 bits per heavy atom. The number of halogens is 3. The van der Waals surface area contributed by atoms with Gasteiger partial charge in [-0.25, -0.2) is 4.79 Å². The standard InChI is InChI=1S/C19H26F3NO5/c1-17(2,3)28-16(26)23-12-15(25)18(10-7-11-24,19(20,21)22)27-13-14-8-5-4-6-9-14/h4-6,8-9,24H,7,10-13H2,1-3H3,(H,23,26)/t18-/m1/s1. The molecule has 0 saturated carbocycles. The summed E-state index contributed by atoms with van der Waals surface area (Å²) in [5.41, 5.74) is -3.57. The zero-order valence-corrected chi connectivity index (χ0v) is 16.1. The Bertz CT molecular complexity index is 643. The largest absolute Gasteiger partial charge is 0.444 e. The van der Waals surface area contributed by atoms with Gasteiger partial charge in [0, 0.05) is 6.61 Å². The van der Waals surface area contributed by atoms with Crippen molar-refractivity contribution in [2.24, 2.45) is 0 Å². The first-order valence-electron chi connectivity index (χ1n) is 8.77. The number of carbonyl (C=O) groups is 2. The molecule has 0 fully saturated rings. The number of rotatable bonds is 9. The molecule has 28 heavy (non-hydrogen) atoms. The Kier molecular flexibility index (Phi) is 8.44. The number of ether oxygens (including phenoxy) is 2. The molecule has 6 nitrogen and oxygen atoms in total. The number of ketones is 1. The predicted octanol–water partition coefficient (Wildman–Crippen LogP) is 3.37. The second-order valence-corrected chi connectivity index (χ2v) is 7.20. The van der Waals surface area contributed by atoms with E-state index in [1.165, 1.54) is 0 Å². The number of Topliss-reactive ketones (excluding diaryl/α,β-unsaturated/α-hetero) is 1. The maximum atomic E-state index is 13.9. The lowest BCUT2D eigenvalue weighted by molar-refractivity contribution is -0.272. The van der Waals surface area contributed by atoms with Gasteiger partial charge in [0.1, 0.15) is 5.60 Å². The third-order valence-electron chi connectivity index (χ3n) is 3.72. The summed E-state index contributed by atoms with van der Waals surface area (Å²) in [6, 6.07) is 8.09. The van der Waals surface area contributed by atoms with E-state index in [9.17, 15) is 22.8 Å². The highest BCUT2D eigenvalue weighted by atomic mass is 19.4. The van der Waals surface area contributed by atoms with Crippen molar-refractivity contribution in [1.82, 2.24) is 5.32 Å². The lowest BCUT2D eigenvalue weighted by Gasteiger charge is -2.34. The monoisotopic (exact) mass is 405 g/mol. The van der Waals surface area contributed by atoms with Crippen LogP contribution in [0.4, 0.5) is 18.0 Å². The number of alkyl halides is 3. The molecular weight excluding hydrogens is 379 g/mol. The molecule has 1 aromatic rings. The summed E-state index contributed by atoms with van der Waals surface area (Å²) in [6.07, 6.45) is -7.12. The topological polar surface area (TPSA) is 84.9 Å². The van der Waals surface area contributed by atoms with Gasteiger partial charge in [-0.15, -0.1) is 0 Å². The molecule has 0 unspecified atom stereocenters. The predicted molar refractivity (Wildman–Crippen MR) is 95.6 cm³/mol. The van der Waals surface area contributed by atoms with Crippen LogP contribution in [0, 0.1) is 0 Å². The van der Waals surface area contributed by atoms with Crippen LogP contribution in [-0.2, 0) is 20.9 Å². The number of aliphatic hydroxyl groups is 1. The molecule has 2 N–H and O–H groups in total. The molecule has 0 aliphatic heterocycles. The van der Waals surface area contributed by atoms with E-state index in [1.54, 1.807) is 51.1 Å². The van der Waals surface area contributed by atoms with Crippen LogP contribution in [0.2, 0.25) is 0 Å². The third-order valence-corrected chi connectivity index (χ3v) is 3.72. The van der Waals surface area contributed by atoms with Gasteiger partial charge in [0.25, 0.3) is 0 Å². The van der Waals surface area contributed by atoms with Gasteiger partial charge >= 0.3 is 12.3 Å². The van der Waals surface area contributed by atoms with Crippen LogP contribution in [0.1, 0.15) is 39.2 Å². The van der Waals surface area contributed by atoms with Crippen LogP contribution in [0.3, 0.4) is 0 Å². The molecule has 0 saturated heterocycles. The zero-order chi connectivity index (χ0) is 21.4. The SMILES string of the molecule is CC(C)(C)OC(=O)NCC(=O)[C@@](CCCO)(OCc1ccccc1)C(F)(F)F. The number of hydrogen-bond donors (Lipinski definition) is 2. The first kappa shape index (κ1) is 23.9. The van der Waals surface area contributed by atoms with E-state index in [0.29, 0.717) is 5.56 Å². The molecule has 1 atom stereocenters. The average Bonchev–Trinajstić information content (AvgIpc) is 2.58. The fourth-order valence-electron chi connectivity index (χ4n) is 2.39. The van der Waals surface area contributed by atoms with E-state index >= 15 is 0 Å². The number of benzene rings is 1. The van der Waals surface area contributed by atoms with Crippen LogP contribution in [0.5, 0.6) is 0 Å². The molecule has 1 amide bonds. The van der Waals surface area contributed by atoms with E-state index in [1.807, 2.05) is 5.32 Å².